The molecule has 0 unspecified atom stereocenters. The van der Waals surface area contributed by atoms with Gasteiger partial charge in [0.1, 0.15) is 0 Å². The molecule has 24 heavy (non-hydrogen) atoms. The number of para-hydroxylation sites is 1. The molecule has 1 N–H and O–H groups in total. The number of anilines is 2. The van der Waals surface area contributed by atoms with Gasteiger partial charge < -0.3 is 5.32 Å². The number of nitrogens with one attached hydrogen (secondary N) is 1. The SMILES string of the molecule is Cc1cc(C)n(-c2nnc(Nc3ccccc3)c3ccccc23)n1. The van der Waals surface area contributed by atoms with Crippen molar-refractivity contribution in [3.05, 3.63) is 72.1 Å². The fraction of sp³-hybridized carbons (Fsp3) is 0.105. The van der Waals surface area contributed by atoms with Gasteiger partial charge in [-0.1, -0.05) is 42.5 Å². The van der Waals surface area contributed by atoms with E-state index in [0.717, 1.165) is 39.5 Å². The van der Waals surface area contributed by atoms with E-state index in [2.05, 4.69) is 20.6 Å². The molecule has 5 nitrogen and oxygen atoms in total. The van der Waals surface area contributed by atoms with Crippen LogP contribution >= 0.6 is 0 Å². The lowest BCUT2D eigenvalue weighted by Gasteiger charge is -2.11. The quantitative estimate of drug-likeness (QED) is 0.616. The molecule has 0 aliphatic heterocycles. The summed E-state index contributed by atoms with van der Waals surface area (Å²) in [5.41, 5.74) is 2.98. The molecule has 2 aromatic heterocycles. The molecule has 0 saturated heterocycles. The van der Waals surface area contributed by atoms with Gasteiger partial charge in [-0.15, -0.1) is 10.2 Å². The highest BCUT2D eigenvalue weighted by atomic mass is 15.4. The van der Waals surface area contributed by atoms with Crippen molar-refractivity contribution >= 4 is 22.3 Å². The molecule has 4 aromatic rings. The van der Waals surface area contributed by atoms with Gasteiger partial charge >= 0.3 is 0 Å². The van der Waals surface area contributed by atoms with Crippen molar-refractivity contribution in [3.63, 3.8) is 0 Å². The Labute approximate surface area is 140 Å². The second kappa shape index (κ2) is 5.77. The number of hydrogen-bond donors (Lipinski definition) is 1. The van der Waals surface area contributed by atoms with Gasteiger partial charge in [0.15, 0.2) is 11.6 Å². The summed E-state index contributed by atoms with van der Waals surface area (Å²) in [6.45, 7) is 4.00. The Morgan fingerprint density at radius 2 is 1.54 bits per heavy atom. The minimum Gasteiger partial charge on any atom is -0.338 e. The maximum Gasteiger partial charge on any atom is 0.183 e. The van der Waals surface area contributed by atoms with Crippen LogP contribution in [0, 0.1) is 13.8 Å². The molecule has 0 aliphatic rings. The van der Waals surface area contributed by atoms with E-state index in [9.17, 15) is 0 Å². The number of benzene rings is 2. The van der Waals surface area contributed by atoms with Crippen molar-refractivity contribution in [2.45, 2.75) is 13.8 Å². The van der Waals surface area contributed by atoms with Crippen LogP contribution in [0.1, 0.15) is 11.4 Å². The molecule has 0 bridgehead atoms. The van der Waals surface area contributed by atoms with E-state index in [1.165, 1.54) is 0 Å². The van der Waals surface area contributed by atoms with Gasteiger partial charge in [0, 0.05) is 22.2 Å². The fourth-order valence-corrected chi connectivity index (χ4v) is 2.84. The smallest absolute Gasteiger partial charge is 0.183 e. The standard InChI is InChI=1S/C19H17N5/c1-13-12-14(2)24(23-13)19-17-11-7-6-10-16(17)18(21-22-19)20-15-8-4-3-5-9-15/h3-12H,1-2H3,(H,20,21). The third-order valence-electron chi connectivity index (χ3n) is 3.91. The first kappa shape index (κ1) is 14.4. The van der Waals surface area contributed by atoms with Crippen LogP contribution in [0.4, 0.5) is 11.5 Å². The molecule has 0 aliphatic carbocycles. The first-order valence-corrected chi connectivity index (χ1v) is 7.83. The highest BCUT2D eigenvalue weighted by Crippen LogP contribution is 2.27. The van der Waals surface area contributed by atoms with Crippen LogP contribution in [-0.2, 0) is 0 Å². The molecule has 0 spiro atoms. The summed E-state index contributed by atoms with van der Waals surface area (Å²) in [7, 11) is 0. The third-order valence-corrected chi connectivity index (χ3v) is 3.91. The normalized spacial score (nSPS) is 10.9. The second-order valence-electron chi connectivity index (χ2n) is 5.75. The van der Waals surface area contributed by atoms with Gasteiger partial charge in [0.05, 0.1) is 5.69 Å². The van der Waals surface area contributed by atoms with Crippen LogP contribution < -0.4 is 5.32 Å². The Kier molecular flexibility index (Phi) is 3.46. The van der Waals surface area contributed by atoms with Crippen molar-refractivity contribution in [1.29, 1.82) is 0 Å². The average molecular weight is 315 g/mol. The lowest BCUT2D eigenvalue weighted by Crippen LogP contribution is -2.06. The summed E-state index contributed by atoms with van der Waals surface area (Å²) >= 11 is 0. The van der Waals surface area contributed by atoms with Crippen LogP contribution in [0.25, 0.3) is 16.6 Å². The van der Waals surface area contributed by atoms with Gasteiger partial charge in [0.25, 0.3) is 0 Å². The minimum absolute atomic E-state index is 0.738. The van der Waals surface area contributed by atoms with E-state index in [1.54, 1.807) is 0 Å². The largest absolute Gasteiger partial charge is 0.338 e. The van der Waals surface area contributed by atoms with Crippen LogP contribution in [-0.4, -0.2) is 20.0 Å². The number of rotatable bonds is 3. The predicted octanol–water partition coefficient (Wildman–Crippen LogP) is 4.18. The zero-order valence-electron chi connectivity index (χ0n) is 13.6. The molecule has 0 atom stereocenters. The second-order valence-corrected chi connectivity index (χ2v) is 5.75. The van der Waals surface area contributed by atoms with E-state index in [4.69, 9.17) is 0 Å². The molecular formula is C19H17N5. The number of aromatic nitrogens is 4. The van der Waals surface area contributed by atoms with Crippen molar-refractivity contribution in [2.75, 3.05) is 5.32 Å². The Balaban J connectivity index is 1.88. The van der Waals surface area contributed by atoms with E-state index < -0.39 is 0 Å². The number of aryl methyl sites for hydroxylation is 2. The molecular weight excluding hydrogens is 298 g/mol. The Bertz CT molecular complexity index is 1000. The Hall–Kier alpha value is -3.21. The molecule has 0 fully saturated rings. The highest BCUT2D eigenvalue weighted by molar-refractivity contribution is 5.97. The summed E-state index contributed by atoms with van der Waals surface area (Å²) in [5.74, 6) is 1.48. The van der Waals surface area contributed by atoms with Gasteiger partial charge in [0.2, 0.25) is 0 Å². The molecule has 0 saturated carbocycles. The molecule has 4 rings (SSSR count). The van der Waals surface area contributed by atoms with Gasteiger partial charge in [-0.05, 0) is 32.0 Å². The lowest BCUT2D eigenvalue weighted by atomic mass is 10.1. The lowest BCUT2D eigenvalue weighted by molar-refractivity contribution is 0.792. The van der Waals surface area contributed by atoms with Crippen LogP contribution in [0.2, 0.25) is 0 Å². The minimum atomic E-state index is 0.738. The zero-order valence-corrected chi connectivity index (χ0v) is 13.6. The monoisotopic (exact) mass is 315 g/mol. The van der Waals surface area contributed by atoms with Crippen molar-refractivity contribution in [3.8, 4) is 5.82 Å². The van der Waals surface area contributed by atoms with E-state index in [0.29, 0.717) is 0 Å². The summed E-state index contributed by atoms with van der Waals surface area (Å²) in [6, 6.07) is 20.1. The number of nitrogens with zero attached hydrogens (tertiary/aromatic N) is 4. The first-order chi connectivity index (χ1) is 11.7. The summed E-state index contributed by atoms with van der Waals surface area (Å²) in [5, 5.41) is 18.7. The maximum absolute atomic E-state index is 4.54. The third kappa shape index (κ3) is 2.50. The molecule has 0 radical (unpaired) electrons. The van der Waals surface area contributed by atoms with E-state index in [-0.39, 0.29) is 0 Å². The van der Waals surface area contributed by atoms with Gasteiger partial charge in [-0.2, -0.15) is 5.10 Å². The molecule has 0 amide bonds. The van der Waals surface area contributed by atoms with Crippen molar-refractivity contribution in [2.24, 2.45) is 0 Å². The van der Waals surface area contributed by atoms with Crippen LogP contribution in [0.3, 0.4) is 0 Å². The van der Waals surface area contributed by atoms with Crippen molar-refractivity contribution < 1.29 is 0 Å². The fourth-order valence-electron chi connectivity index (χ4n) is 2.84. The topological polar surface area (TPSA) is 55.6 Å². The van der Waals surface area contributed by atoms with Crippen LogP contribution in [0.5, 0.6) is 0 Å². The Morgan fingerprint density at radius 1 is 0.833 bits per heavy atom. The molecule has 118 valence electrons. The van der Waals surface area contributed by atoms with Crippen LogP contribution in [0.15, 0.2) is 60.7 Å². The highest BCUT2D eigenvalue weighted by Gasteiger charge is 2.13. The molecule has 2 aromatic carbocycles. The Morgan fingerprint density at radius 3 is 2.25 bits per heavy atom. The van der Waals surface area contributed by atoms with Gasteiger partial charge in [-0.25, -0.2) is 4.68 Å². The molecule has 5 heteroatoms. The van der Waals surface area contributed by atoms with Crippen molar-refractivity contribution in [1.82, 2.24) is 20.0 Å². The van der Waals surface area contributed by atoms with E-state index in [1.807, 2.05) is 79.2 Å². The summed E-state index contributed by atoms with van der Waals surface area (Å²) < 4.78 is 1.84. The zero-order chi connectivity index (χ0) is 16.5. The first-order valence-electron chi connectivity index (χ1n) is 7.83. The van der Waals surface area contributed by atoms with E-state index >= 15 is 0 Å². The number of hydrogen-bond acceptors (Lipinski definition) is 4. The maximum atomic E-state index is 4.54. The predicted molar refractivity (Wildman–Crippen MR) is 95.9 cm³/mol. The summed E-state index contributed by atoms with van der Waals surface area (Å²) in [6.07, 6.45) is 0. The molecule has 2 heterocycles. The summed E-state index contributed by atoms with van der Waals surface area (Å²) in [4.78, 5) is 0. The van der Waals surface area contributed by atoms with Gasteiger partial charge in [-0.3, -0.25) is 0 Å². The number of fused-ring (bicyclic) bond motifs is 1. The average Bonchev–Trinajstić information content (AvgIpc) is 2.94.